The molecule has 8 heteroatoms. The second kappa shape index (κ2) is 8.15. The van der Waals surface area contributed by atoms with Crippen LogP contribution in [0.15, 0.2) is 29.2 Å². The van der Waals surface area contributed by atoms with Gasteiger partial charge in [0.05, 0.1) is 4.90 Å². The van der Waals surface area contributed by atoms with Crippen LogP contribution in [0.25, 0.3) is 0 Å². The molecule has 1 saturated heterocycles. The summed E-state index contributed by atoms with van der Waals surface area (Å²) < 4.78 is 35.0. The molecule has 130 valence electrons. The van der Waals surface area contributed by atoms with Gasteiger partial charge in [-0.1, -0.05) is 5.92 Å². The summed E-state index contributed by atoms with van der Waals surface area (Å²) in [4.78, 5) is 12.0. The van der Waals surface area contributed by atoms with E-state index in [-0.39, 0.29) is 16.0 Å². The van der Waals surface area contributed by atoms with Crippen molar-refractivity contribution in [3.05, 3.63) is 24.3 Å². The molecule has 1 aromatic rings. The van der Waals surface area contributed by atoms with E-state index in [0.29, 0.717) is 31.8 Å². The summed E-state index contributed by atoms with van der Waals surface area (Å²) >= 11 is 0. The Morgan fingerprint density at radius 3 is 2.54 bits per heavy atom. The Hall–Kier alpha value is -2.08. The number of sulfonamides is 1. The number of nitrogens with zero attached hydrogens (tertiary/aromatic N) is 1. The minimum absolute atomic E-state index is 0.165. The van der Waals surface area contributed by atoms with E-state index in [4.69, 9.17) is 9.47 Å². The summed E-state index contributed by atoms with van der Waals surface area (Å²) in [6, 6.07) is 5.42. The van der Waals surface area contributed by atoms with Gasteiger partial charge in [-0.2, -0.15) is 8.42 Å². The van der Waals surface area contributed by atoms with Gasteiger partial charge in [0.15, 0.2) is 0 Å². The molecule has 0 unspecified atom stereocenters. The van der Waals surface area contributed by atoms with E-state index in [1.807, 2.05) is 0 Å². The molecule has 1 amide bonds. The zero-order valence-corrected chi connectivity index (χ0v) is 14.1. The van der Waals surface area contributed by atoms with E-state index in [9.17, 15) is 18.4 Å². The summed E-state index contributed by atoms with van der Waals surface area (Å²) in [6.07, 6.45) is 0.771. The van der Waals surface area contributed by atoms with Crippen LogP contribution in [0.5, 0.6) is 5.75 Å². The van der Waals surface area contributed by atoms with Gasteiger partial charge >= 0.3 is 0 Å². The zero-order chi connectivity index (χ0) is 17.6. The minimum atomic E-state index is -4.31. The molecule has 7 nitrogen and oxygen atoms in total. The van der Waals surface area contributed by atoms with Crippen LogP contribution in [0.1, 0.15) is 19.8 Å². The number of hydrogen-bond acceptors (Lipinski definition) is 6. The maximum Gasteiger partial charge on any atom is 0.289 e. The van der Waals surface area contributed by atoms with Crippen LogP contribution in [0.3, 0.4) is 0 Å². The monoisotopic (exact) mass is 353 g/mol. The van der Waals surface area contributed by atoms with Gasteiger partial charge in [-0.15, -0.1) is 10.4 Å². The van der Waals surface area contributed by atoms with E-state index in [0.717, 1.165) is 0 Å². The molecular weight excluding hydrogens is 334 g/mol. The largest absolute Gasteiger partial charge is 0.481 e. The number of hydrogen-bond donors (Lipinski definition) is 1. The number of rotatable bonds is 5. The quantitative estimate of drug-likeness (QED) is 0.489. The molecule has 1 aliphatic heterocycles. The van der Waals surface area contributed by atoms with E-state index in [2.05, 4.69) is 11.8 Å². The molecule has 0 saturated carbocycles. The lowest BCUT2D eigenvalue weighted by Crippen LogP contribution is -2.40. The van der Waals surface area contributed by atoms with Crippen molar-refractivity contribution >= 4 is 15.9 Å². The van der Waals surface area contributed by atoms with E-state index in [1.54, 1.807) is 6.92 Å². The predicted octanol–water partition coefficient (Wildman–Crippen LogP) is 1.42. The lowest BCUT2D eigenvalue weighted by molar-refractivity contribution is -0.153. The highest BCUT2D eigenvalue weighted by molar-refractivity contribution is 7.89. The molecule has 1 aliphatic rings. The van der Waals surface area contributed by atoms with Crippen LogP contribution in [-0.2, 0) is 19.6 Å². The van der Waals surface area contributed by atoms with Crippen LogP contribution in [0.4, 0.5) is 0 Å². The fraction of sp³-hybridized carbons (Fsp3) is 0.438. The third kappa shape index (κ3) is 4.26. The molecule has 0 spiro atoms. The Morgan fingerprint density at radius 2 is 1.96 bits per heavy atom. The third-order valence-electron chi connectivity index (χ3n) is 3.60. The lowest BCUT2D eigenvalue weighted by Gasteiger charge is -2.24. The number of ether oxygens (including phenoxy) is 2. The minimum Gasteiger partial charge on any atom is -0.481 e. The van der Waals surface area contributed by atoms with Gasteiger partial charge in [0, 0.05) is 19.1 Å². The number of amides is 1. The average molecular weight is 353 g/mol. The van der Waals surface area contributed by atoms with Crippen molar-refractivity contribution in [3.63, 3.8) is 0 Å². The molecule has 1 heterocycles. The molecule has 1 aromatic carbocycles. The smallest absolute Gasteiger partial charge is 0.289 e. The van der Waals surface area contributed by atoms with Crippen molar-refractivity contribution < 1.29 is 27.9 Å². The normalized spacial score (nSPS) is 15.2. The Kier molecular flexibility index (Phi) is 6.20. The van der Waals surface area contributed by atoms with Crippen molar-refractivity contribution in [2.75, 3.05) is 19.8 Å². The van der Waals surface area contributed by atoms with Gasteiger partial charge in [0.25, 0.3) is 15.9 Å². The summed E-state index contributed by atoms with van der Waals surface area (Å²) in [5.41, 5.74) is 0. The highest BCUT2D eigenvalue weighted by Crippen LogP contribution is 2.23. The van der Waals surface area contributed by atoms with Crippen molar-refractivity contribution in [3.8, 4) is 17.6 Å². The summed E-state index contributed by atoms with van der Waals surface area (Å²) in [7, 11) is -4.31. The van der Waals surface area contributed by atoms with Gasteiger partial charge in [-0.05, 0) is 44.0 Å². The Balaban J connectivity index is 2.10. The van der Waals surface area contributed by atoms with Crippen molar-refractivity contribution in [1.82, 2.24) is 4.47 Å². The first-order valence-corrected chi connectivity index (χ1v) is 8.89. The standard InChI is InChI=1S/C16H19NO6S/c1-2-3-10-23-14-4-6-15(7-5-14)24(20,21)17(19)16(18)13-8-11-22-12-9-13/h4-7,13,19H,8-12H2,1H3. The van der Waals surface area contributed by atoms with Gasteiger partial charge in [-0.3, -0.25) is 10.0 Å². The maximum atomic E-state index is 12.3. The van der Waals surface area contributed by atoms with Crippen LogP contribution in [0, 0.1) is 17.8 Å². The first kappa shape index (κ1) is 18.3. The van der Waals surface area contributed by atoms with E-state index < -0.39 is 21.8 Å². The van der Waals surface area contributed by atoms with Crippen molar-refractivity contribution in [1.29, 1.82) is 0 Å². The lowest BCUT2D eigenvalue weighted by atomic mass is 10.00. The fourth-order valence-corrected chi connectivity index (χ4v) is 3.28. The highest BCUT2D eigenvalue weighted by Gasteiger charge is 2.34. The topological polar surface area (TPSA) is 93.1 Å². The second-order valence-corrected chi connectivity index (χ2v) is 6.93. The first-order valence-electron chi connectivity index (χ1n) is 7.45. The molecule has 0 aliphatic carbocycles. The molecule has 1 N–H and O–H groups in total. The number of carbonyl (C=O) groups excluding carboxylic acids is 1. The molecule has 0 bridgehead atoms. The first-order chi connectivity index (χ1) is 11.5. The Labute approximate surface area is 141 Å². The van der Waals surface area contributed by atoms with Gasteiger partial charge in [-0.25, -0.2) is 0 Å². The summed E-state index contributed by atoms with van der Waals surface area (Å²) in [5.74, 6) is 4.44. The fourth-order valence-electron chi connectivity index (χ4n) is 2.22. The van der Waals surface area contributed by atoms with E-state index in [1.165, 1.54) is 24.3 Å². The van der Waals surface area contributed by atoms with E-state index >= 15 is 0 Å². The van der Waals surface area contributed by atoms with Crippen LogP contribution >= 0.6 is 0 Å². The molecule has 0 atom stereocenters. The molecular formula is C16H19NO6S. The molecule has 0 aromatic heterocycles. The molecule has 0 radical (unpaired) electrons. The summed E-state index contributed by atoms with van der Waals surface area (Å²) in [5, 5.41) is 9.90. The van der Waals surface area contributed by atoms with Gasteiger partial charge in [0.2, 0.25) is 0 Å². The number of benzene rings is 1. The van der Waals surface area contributed by atoms with Gasteiger partial charge in [0.1, 0.15) is 12.4 Å². The highest BCUT2D eigenvalue weighted by atomic mass is 32.2. The molecule has 24 heavy (non-hydrogen) atoms. The summed E-state index contributed by atoms with van der Waals surface area (Å²) in [6.45, 7) is 2.62. The second-order valence-electron chi connectivity index (χ2n) is 5.16. The van der Waals surface area contributed by atoms with Crippen molar-refractivity contribution in [2.24, 2.45) is 5.92 Å². The van der Waals surface area contributed by atoms with Crippen molar-refractivity contribution in [2.45, 2.75) is 24.7 Å². The predicted molar refractivity (Wildman–Crippen MR) is 84.7 cm³/mol. The Morgan fingerprint density at radius 1 is 1.33 bits per heavy atom. The number of hydroxylamine groups is 1. The van der Waals surface area contributed by atoms with Crippen LogP contribution in [0.2, 0.25) is 0 Å². The Bertz CT molecular complexity index is 726. The zero-order valence-electron chi connectivity index (χ0n) is 13.3. The average Bonchev–Trinajstić information content (AvgIpc) is 2.62. The molecule has 1 fully saturated rings. The van der Waals surface area contributed by atoms with Crippen LogP contribution < -0.4 is 4.74 Å². The maximum absolute atomic E-state index is 12.3. The molecule has 2 rings (SSSR count). The van der Waals surface area contributed by atoms with Gasteiger partial charge < -0.3 is 9.47 Å². The third-order valence-corrected chi connectivity index (χ3v) is 5.10. The SMILES string of the molecule is CC#CCOc1ccc(S(=O)(=O)N(O)C(=O)C2CCOCC2)cc1. The van der Waals surface area contributed by atoms with Crippen LogP contribution in [-0.4, -0.2) is 43.8 Å². The number of carbonyl (C=O) groups is 1.